The average Bonchev–Trinajstić information content (AvgIpc) is 2.56. The Morgan fingerprint density at radius 1 is 1.09 bits per heavy atom. The average molecular weight is 320 g/mol. The molecule has 0 atom stereocenters. The molecule has 0 radical (unpaired) electrons. The lowest BCUT2D eigenvalue weighted by atomic mass is 10.1. The van der Waals surface area contributed by atoms with Crippen LogP contribution in [0.3, 0.4) is 0 Å². The van der Waals surface area contributed by atoms with Crippen molar-refractivity contribution in [3.8, 4) is 0 Å². The molecule has 1 amide bonds. The summed E-state index contributed by atoms with van der Waals surface area (Å²) < 4.78 is 0. The summed E-state index contributed by atoms with van der Waals surface area (Å²) >= 11 is 5.11. The summed E-state index contributed by atoms with van der Waals surface area (Å²) in [6.07, 6.45) is 1.70. The van der Waals surface area contributed by atoms with Crippen LogP contribution in [0, 0.1) is 0 Å². The van der Waals surface area contributed by atoms with Gasteiger partial charge in [-0.05, 0) is 36.5 Å². The SMILES string of the molecule is O=C1N=c2ccccc2=CC1=C=NNC(=S)Nc1ccccc1. The fraction of sp³-hybridized carbons (Fsp3) is 0. The Labute approximate surface area is 137 Å². The second-order valence-electron chi connectivity index (χ2n) is 4.69. The number of hydrazone groups is 1. The zero-order chi connectivity index (χ0) is 16.1. The van der Waals surface area contributed by atoms with Gasteiger partial charge in [-0.25, -0.2) is 10.4 Å². The molecule has 0 aliphatic carbocycles. The van der Waals surface area contributed by atoms with Crippen LogP contribution in [0.1, 0.15) is 0 Å². The van der Waals surface area contributed by atoms with Crippen molar-refractivity contribution < 1.29 is 4.79 Å². The summed E-state index contributed by atoms with van der Waals surface area (Å²) in [5.74, 6) is 2.25. The van der Waals surface area contributed by atoms with E-state index in [-0.39, 0.29) is 11.5 Å². The molecule has 112 valence electrons. The van der Waals surface area contributed by atoms with Gasteiger partial charge >= 0.3 is 0 Å². The van der Waals surface area contributed by atoms with Crippen LogP contribution in [-0.4, -0.2) is 16.9 Å². The van der Waals surface area contributed by atoms with Gasteiger partial charge in [0.05, 0.1) is 5.36 Å². The third kappa shape index (κ3) is 3.77. The summed E-state index contributed by atoms with van der Waals surface area (Å²) in [6.45, 7) is 0. The number of benzene rings is 2. The van der Waals surface area contributed by atoms with Gasteiger partial charge in [0, 0.05) is 16.8 Å². The molecule has 0 fully saturated rings. The molecule has 0 spiro atoms. The summed E-state index contributed by atoms with van der Waals surface area (Å²) in [5, 5.41) is 8.64. The van der Waals surface area contributed by atoms with Gasteiger partial charge < -0.3 is 5.32 Å². The molecule has 3 rings (SSSR count). The predicted molar refractivity (Wildman–Crippen MR) is 93.4 cm³/mol. The smallest absolute Gasteiger partial charge is 0.287 e. The first-order valence-corrected chi connectivity index (χ1v) is 7.28. The number of fused-ring (bicyclic) bond motifs is 1. The van der Waals surface area contributed by atoms with Gasteiger partial charge in [0.2, 0.25) is 0 Å². The van der Waals surface area contributed by atoms with E-state index in [9.17, 15) is 4.79 Å². The van der Waals surface area contributed by atoms with Crippen LogP contribution in [-0.2, 0) is 4.79 Å². The number of rotatable bonds is 2. The number of anilines is 1. The van der Waals surface area contributed by atoms with Crippen molar-refractivity contribution in [1.29, 1.82) is 0 Å². The third-order valence-electron chi connectivity index (χ3n) is 3.05. The number of hydrogen-bond acceptors (Lipinski definition) is 3. The molecule has 2 aromatic rings. The molecule has 0 saturated heterocycles. The van der Waals surface area contributed by atoms with Crippen molar-refractivity contribution >= 4 is 40.9 Å². The zero-order valence-corrected chi connectivity index (χ0v) is 12.8. The Morgan fingerprint density at radius 2 is 1.83 bits per heavy atom. The Bertz CT molecular complexity index is 944. The molecule has 2 aromatic carbocycles. The Hall–Kier alpha value is -3.08. The van der Waals surface area contributed by atoms with Crippen LogP contribution in [0.5, 0.6) is 0 Å². The topological polar surface area (TPSA) is 65.8 Å². The van der Waals surface area contributed by atoms with Crippen molar-refractivity contribution in [2.75, 3.05) is 5.32 Å². The summed E-state index contributed by atoms with van der Waals surface area (Å²) in [7, 11) is 0. The molecule has 0 unspecified atom stereocenters. The van der Waals surface area contributed by atoms with E-state index in [4.69, 9.17) is 12.2 Å². The predicted octanol–water partition coefficient (Wildman–Crippen LogP) is 1.12. The van der Waals surface area contributed by atoms with Crippen LogP contribution < -0.4 is 21.3 Å². The van der Waals surface area contributed by atoms with Gasteiger partial charge in [0.15, 0.2) is 5.11 Å². The van der Waals surface area contributed by atoms with Crippen molar-refractivity contribution in [2.24, 2.45) is 10.1 Å². The van der Waals surface area contributed by atoms with Crippen molar-refractivity contribution in [3.05, 3.63) is 70.7 Å². The van der Waals surface area contributed by atoms with Crippen LogP contribution in [0.15, 0.2) is 70.3 Å². The maximum Gasteiger partial charge on any atom is 0.287 e. The Balaban J connectivity index is 1.74. The molecule has 5 nitrogen and oxygen atoms in total. The highest BCUT2D eigenvalue weighted by Crippen LogP contribution is 2.04. The molecular formula is C17H12N4OS. The van der Waals surface area contributed by atoms with Gasteiger partial charge in [-0.2, -0.15) is 0 Å². The zero-order valence-electron chi connectivity index (χ0n) is 12.0. The van der Waals surface area contributed by atoms with Gasteiger partial charge in [-0.3, -0.25) is 4.79 Å². The summed E-state index contributed by atoms with van der Waals surface area (Å²) in [5.41, 5.74) is 3.74. The number of nitrogens with one attached hydrogen (secondary N) is 2. The second kappa shape index (κ2) is 6.79. The lowest BCUT2D eigenvalue weighted by Gasteiger charge is -2.05. The van der Waals surface area contributed by atoms with Gasteiger partial charge in [-0.15, -0.1) is 5.10 Å². The first-order valence-electron chi connectivity index (χ1n) is 6.87. The van der Waals surface area contributed by atoms with Crippen LogP contribution >= 0.6 is 12.2 Å². The number of carbonyl (C=O) groups excluding carboxylic acids is 1. The van der Waals surface area contributed by atoms with Crippen LogP contribution in [0.2, 0.25) is 0 Å². The molecule has 1 aliphatic rings. The van der Waals surface area contributed by atoms with Crippen LogP contribution in [0.25, 0.3) is 6.08 Å². The normalized spacial score (nSPS) is 12.2. The van der Waals surface area contributed by atoms with E-state index in [0.29, 0.717) is 10.5 Å². The fourth-order valence-corrected chi connectivity index (χ4v) is 2.16. The molecule has 1 heterocycles. The lowest BCUT2D eigenvalue weighted by molar-refractivity contribution is -0.114. The van der Waals surface area contributed by atoms with E-state index in [1.807, 2.05) is 48.5 Å². The minimum Gasteiger partial charge on any atom is -0.331 e. The highest BCUT2D eigenvalue weighted by molar-refractivity contribution is 7.80. The molecule has 2 N–H and O–H groups in total. The van der Waals surface area contributed by atoms with Gasteiger partial charge in [-0.1, -0.05) is 36.4 Å². The van der Waals surface area contributed by atoms with E-state index in [1.54, 1.807) is 12.1 Å². The first kappa shape index (κ1) is 14.8. The Morgan fingerprint density at radius 3 is 2.65 bits per heavy atom. The van der Waals surface area contributed by atoms with Crippen molar-refractivity contribution in [2.45, 2.75) is 0 Å². The fourth-order valence-electron chi connectivity index (χ4n) is 2.00. The summed E-state index contributed by atoms with van der Waals surface area (Å²) in [4.78, 5) is 15.9. The molecule has 0 aromatic heterocycles. The van der Waals surface area contributed by atoms with Gasteiger partial charge in [0.25, 0.3) is 5.91 Å². The largest absolute Gasteiger partial charge is 0.331 e. The lowest BCUT2D eigenvalue weighted by Crippen LogP contribution is -2.30. The maximum atomic E-state index is 11.9. The maximum absolute atomic E-state index is 11.9. The summed E-state index contributed by atoms with van der Waals surface area (Å²) in [6, 6.07) is 16.8. The Kier molecular flexibility index (Phi) is 4.38. The van der Waals surface area contributed by atoms with E-state index in [0.717, 1.165) is 10.9 Å². The molecular weight excluding hydrogens is 308 g/mol. The standard InChI is InChI=1S/C17H12N4OS/c22-16-13(10-12-6-4-5-9-15(12)20-16)11-18-21-17(23)19-14-7-2-1-3-8-14/h1-10H,(H2,19,21,23). The van der Waals surface area contributed by atoms with Crippen molar-refractivity contribution in [1.82, 2.24) is 5.43 Å². The monoisotopic (exact) mass is 320 g/mol. The number of nitrogens with zero attached hydrogens (tertiary/aromatic N) is 2. The van der Waals surface area contributed by atoms with E-state index in [1.165, 1.54) is 0 Å². The quantitative estimate of drug-likeness (QED) is 0.377. The molecule has 1 aliphatic heterocycles. The van der Waals surface area contributed by atoms with Gasteiger partial charge in [0.1, 0.15) is 5.57 Å². The van der Waals surface area contributed by atoms with E-state index < -0.39 is 0 Å². The second-order valence-corrected chi connectivity index (χ2v) is 5.10. The number of carbonyl (C=O) groups is 1. The molecule has 6 heteroatoms. The highest BCUT2D eigenvalue weighted by Gasteiger charge is 2.09. The number of hydrogen-bond donors (Lipinski definition) is 2. The molecule has 0 saturated carbocycles. The number of amides is 1. The molecule has 0 bridgehead atoms. The minimum absolute atomic E-state index is 0.277. The molecule has 23 heavy (non-hydrogen) atoms. The number of thiocarbonyl (C=S) groups is 1. The van der Waals surface area contributed by atoms with Crippen molar-refractivity contribution in [3.63, 3.8) is 0 Å². The number of para-hydroxylation sites is 2. The first-order chi connectivity index (χ1) is 11.2. The van der Waals surface area contributed by atoms with E-state index >= 15 is 0 Å². The van der Waals surface area contributed by atoms with Crippen LogP contribution in [0.4, 0.5) is 5.69 Å². The van der Waals surface area contributed by atoms with E-state index in [2.05, 4.69) is 26.7 Å². The third-order valence-corrected chi connectivity index (χ3v) is 3.25. The highest BCUT2D eigenvalue weighted by atomic mass is 32.1. The minimum atomic E-state index is -0.379.